The van der Waals surface area contributed by atoms with Gasteiger partial charge in [0.1, 0.15) is 49.4 Å². The van der Waals surface area contributed by atoms with Gasteiger partial charge in [-0.1, -0.05) is 119 Å². The first-order chi connectivity index (χ1) is 36.2. The van der Waals surface area contributed by atoms with E-state index in [0.717, 1.165) is 56.6 Å². The number of aromatic nitrogens is 2. The van der Waals surface area contributed by atoms with Crippen LogP contribution in [0.1, 0.15) is 161 Å². The molecule has 0 unspecified atom stereocenters. The number of ether oxygens (including phenoxy) is 8. The zero-order valence-electron chi connectivity index (χ0n) is 47.7. The smallest absolute Gasteiger partial charge is 0.130 e. The van der Waals surface area contributed by atoms with Gasteiger partial charge < -0.3 is 37.9 Å². The molecular weight excluding hydrogens is 949 g/mol. The summed E-state index contributed by atoms with van der Waals surface area (Å²) in [5, 5.41) is 0. The molecule has 6 aromatic rings. The predicted molar refractivity (Wildman–Crippen MR) is 303 cm³/mol. The molecule has 0 spiro atoms. The fourth-order valence-electron chi connectivity index (χ4n) is 10.7. The van der Waals surface area contributed by atoms with E-state index in [1.165, 1.54) is 44.5 Å². The molecule has 2 aromatic heterocycles. The highest BCUT2D eigenvalue weighted by Crippen LogP contribution is 2.45. The highest BCUT2D eigenvalue weighted by atomic mass is 16.6. The van der Waals surface area contributed by atoms with Crippen molar-refractivity contribution in [2.24, 2.45) is 0 Å². The van der Waals surface area contributed by atoms with Crippen LogP contribution in [0.5, 0.6) is 23.0 Å². The number of benzene rings is 4. The van der Waals surface area contributed by atoms with Gasteiger partial charge in [-0.05, 0) is 143 Å². The molecule has 10 heteroatoms. The molecule has 4 aromatic carbocycles. The second-order valence-electron chi connectivity index (χ2n) is 24.6. The minimum absolute atomic E-state index is 0.184. The topological polar surface area (TPSA) is 99.6 Å². The highest BCUT2D eigenvalue weighted by molar-refractivity contribution is 5.59. The first-order valence-electron chi connectivity index (χ1n) is 27.5. The molecule has 0 saturated carbocycles. The third-order valence-electron chi connectivity index (χ3n) is 14.1. The van der Waals surface area contributed by atoms with Crippen molar-refractivity contribution in [2.45, 2.75) is 144 Å². The Hall–Kier alpha value is -5.78. The van der Waals surface area contributed by atoms with Crippen LogP contribution in [-0.4, -0.2) is 76.0 Å². The molecule has 1 aliphatic carbocycles. The van der Waals surface area contributed by atoms with Crippen molar-refractivity contribution in [3.63, 3.8) is 0 Å². The van der Waals surface area contributed by atoms with Crippen molar-refractivity contribution in [3.05, 3.63) is 175 Å². The van der Waals surface area contributed by atoms with Gasteiger partial charge in [0.25, 0.3) is 0 Å². The van der Waals surface area contributed by atoms with E-state index in [4.69, 9.17) is 47.9 Å². The molecule has 10 bridgehead atoms. The van der Waals surface area contributed by atoms with Crippen LogP contribution >= 0.6 is 0 Å². The summed E-state index contributed by atoms with van der Waals surface area (Å²) in [5.41, 5.74) is 15.0. The molecule has 76 heavy (non-hydrogen) atoms. The van der Waals surface area contributed by atoms with Gasteiger partial charge in [0.2, 0.25) is 0 Å². The van der Waals surface area contributed by atoms with Gasteiger partial charge in [0.05, 0.1) is 64.2 Å². The lowest BCUT2D eigenvalue weighted by Gasteiger charge is -2.32. The summed E-state index contributed by atoms with van der Waals surface area (Å²) in [6.45, 7) is 32.9. The van der Waals surface area contributed by atoms with Crippen molar-refractivity contribution in [3.8, 4) is 23.0 Å². The van der Waals surface area contributed by atoms with Gasteiger partial charge in [-0.15, -0.1) is 0 Å². The second-order valence-corrected chi connectivity index (χ2v) is 24.6. The minimum Gasteiger partial charge on any atom is -0.491 e. The molecule has 2 aliphatic rings. The summed E-state index contributed by atoms with van der Waals surface area (Å²) in [7, 11) is 0. The fraction of sp³-hybridized carbons (Fsp3) is 0.485. The number of hydrogen-bond donors (Lipinski definition) is 0. The first kappa shape index (κ1) is 56.4. The SMILES string of the molecule is CC(C)(C)c1cc2c(OCc3ccccn3)c(c1)Cc1cc3cc(c1C(C)(C)C)Cc1cc(cc(c1C(C)(C)C)Cc1cc(C(C)(C)C)cc(c1OCc1ccccn1)C2)OCCOCCOCCOCCOCCO3. The van der Waals surface area contributed by atoms with Crippen LogP contribution in [0, 0.1) is 0 Å². The molecule has 10 nitrogen and oxygen atoms in total. The third kappa shape index (κ3) is 15.0. The van der Waals surface area contributed by atoms with E-state index in [1.54, 1.807) is 0 Å². The van der Waals surface area contributed by atoms with Gasteiger partial charge in [0.15, 0.2) is 0 Å². The number of nitrogens with zero attached hydrogens (tertiary/aromatic N) is 2. The first-order valence-corrected chi connectivity index (χ1v) is 27.5. The van der Waals surface area contributed by atoms with Gasteiger partial charge in [-0.3, -0.25) is 9.97 Å². The van der Waals surface area contributed by atoms with Crippen molar-refractivity contribution in [2.75, 3.05) is 66.1 Å². The molecule has 0 atom stereocenters. The van der Waals surface area contributed by atoms with Crippen LogP contribution in [0.25, 0.3) is 0 Å². The maximum atomic E-state index is 7.21. The van der Waals surface area contributed by atoms with Crippen LogP contribution < -0.4 is 18.9 Å². The lowest BCUT2D eigenvalue weighted by molar-refractivity contribution is -0.00699. The van der Waals surface area contributed by atoms with E-state index in [-0.39, 0.29) is 21.7 Å². The minimum atomic E-state index is -0.262. The lowest BCUT2D eigenvalue weighted by atomic mass is 9.74. The normalized spacial score (nSPS) is 15.8. The molecule has 406 valence electrons. The Bertz CT molecular complexity index is 2680. The van der Waals surface area contributed by atoms with Crippen LogP contribution in [0.15, 0.2) is 97.3 Å². The molecule has 0 fully saturated rings. The third-order valence-corrected chi connectivity index (χ3v) is 14.1. The van der Waals surface area contributed by atoms with Crippen LogP contribution in [-0.2, 0) is 79.5 Å². The van der Waals surface area contributed by atoms with Crippen molar-refractivity contribution in [1.29, 1.82) is 0 Å². The standard InChI is InChI=1S/C66H84N2O8/c1-63(2,3)53-35-49-32-47-41-57-39-45(59(47)65(7,8)9)31-46-40-58(74-30-28-72-26-24-70-22-21-69-23-25-71-27-29-73-57)42-48(60(46)66(10,11)12)33-50-36-54(64(4,5)6)38-52(62(50)76-44-56-18-14-16-20-68-56)34-51(37-53)61(49)75-43-55-17-13-15-19-67-55/h13-20,35-42H,21-34,43-44H2,1-12H3. The second kappa shape index (κ2) is 24.7. The number of fused-ring (bicyclic) bond motifs is 8. The van der Waals surface area contributed by atoms with E-state index >= 15 is 0 Å². The summed E-state index contributed by atoms with van der Waals surface area (Å²) in [6.07, 6.45) is 6.06. The van der Waals surface area contributed by atoms with Gasteiger partial charge >= 0.3 is 0 Å². The lowest BCUT2D eigenvalue weighted by Crippen LogP contribution is -2.22. The predicted octanol–water partition coefficient (Wildman–Crippen LogP) is 13.3. The highest BCUT2D eigenvalue weighted by Gasteiger charge is 2.31. The summed E-state index contributed by atoms with van der Waals surface area (Å²) in [4.78, 5) is 9.46. The Morgan fingerprint density at radius 3 is 0.961 bits per heavy atom. The molecular formula is C66H84N2O8. The fourth-order valence-corrected chi connectivity index (χ4v) is 10.7. The Morgan fingerprint density at radius 2 is 0.671 bits per heavy atom. The van der Waals surface area contributed by atoms with Crippen molar-refractivity contribution in [1.82, 2.24) is 9.97 Å². The Kier molecular flexibility index (Phi) is 18.3. The molecule has 0 radical (unpaired) electrons. The summed E-state index contributed by atoms with van der Waals surface area (Å²) >= 11 is 0. The Balaban J connectivity index is 1.43. The van der Waals surface area contributed by atoms with E-state index in [1.807, 2.05) is 48.8 Å². The van der Waals surface area contributed by atoms with Crippen LogP contribution in [0.4, 0.5) is 0 Å². The zero-order valence-corrected chi connectivity index (χ0v) is 47.7. The quantitative estimate of drug-likeness (QED) is 0.160. The van der Waals surface area contributed by atoms with Crippen LogP contribution in [0.2, 0.25) is 0 Å². The molecule has 0 N–H and O–H groups in total. The van der Waals surface area contributed by atoms with E-state index in [2.05, 4.69) is 132 Å². The maximum Gasteiger partial charge on any atom is 0.130 e. The molecule has 3 heterocycles. The maximum absolute atomic E-state index is 7.21. The molecule has 8 rings (SSSR count). The number of hydrogen-bond acceptors (Lipinski definition) is 10. The molecule has 0 amide bonds. The monoisotopic (exact) mass is 1030 g/mol. The summed E-state index contributed by atoms with van der Waals surface area (Å²) < 4.78 is 51.6. The largest absolute Gasteiger partial charge is 0.491 e. The van der Waals surface area contributed by atoms with Gasteiger partial charge in [-0.2, -0.15) is 0 Å². The molecule has 1 aliphatic heterocycles. The summed E-state index contributed by atoms with van der Waals surface area (Å²) in [6, 6.07) is 30.6. The van der Waals surface area contributed by atoms with E-state index in [9.17, 15) is 0 Å². The number of rotatable bonds is 6. The van der Waals surface area contributed by atoms with Crippen molar-refractivity contribution < 1.29 is 37.9 Å². The van der Waals surface area contributed by atoms with Crippen molar-refractivity contribution >= 4 is 0 Å². The zero-order chi connectivity index (χ0) is 54.1. The van der Waals surface area contributed by atoms with Gasteiger partial charge in [0, 0.05) is 31.7 Å². The molecule has 0 saturated heterocycles. The average Bonchev–Trinajstić information content (AvgIpc) is 3.37. The number of pyridine rings is 2. The van der Waals surface area contributed by atoms with Crippen LogP contribution in [0.3, 0.4) is 0 Å². The Labute approximate surface area is 454 Å². The summed E-state index contributed by atoms with van der Waals surface area (Å²) in [5.74, 6) is 3.33. The Morgan fingerprint density at radius 1 is 0.368 bits per heavy atom. The average molecular weight is 1030 g/mol. The van der Waals surface area contributed by atoms with E-state index in [0.29, 0.717) is 105 Å². The van der Waals surface area contributed by atoms with Gasteiger partial charge in [-0.25, -0.2) is 0 Å². The van der Waals surface area contributed by atoms with E-state index < -0.39 is 0 Å².